The highest BCUT2D eigenvalue weighted by Crippen LogP contribution is 2.28. The summed E-state index contributed by atoms with van der Waals surface area (Å²) in [5.74, 6) is 0. The molecular weight excluding hydrogens is 218 g/mol. The Morgan fingerprint density at radius 1 is 1.35 bits per heavy atom. The maximum atomic E-state index is 11.1. The number of nitrogens with two attached hydrogens (primary N) is 1. The van der Waals surface area contributed by atoms with Gasteiger partial charge in [-0.15, -0.1) is 0 Å². The average molecular weight is 231 g/mol. The molecule has 2 rings (SSSR count). The van der Waals surface area contributed by atoms with Crippen molar-refractivity contribution in [1.29, 1.82) is 0 Å². The van der Waals surface area contributed by atoms with E-state index in [1.807, 2.05) is 12.1 Å². The predicted octanol–water partition coefficient (Wildman–Crippen LogP) is 2.03. The lowest BCUT2D eigenvalue weighted by molar-refractivity contribution is -0.383. The van der Waals surface area contributed by atoms with Crippen LogP contribution in [0, 0.1) is 10.1 Å². The van der Waals surface area contributed by atoms with Gasteiger partial charge in [-0.25, -0.2) is 4.98 Å². The minimum absolute atomic E-state index is 0.108. The monoisotopic (exact) mass is 231 g/mol. The average Bonchev–Trinajstić information content (AvgIpc) is 2.35. The topological polar surface area (TPSA) is 82.0 Å². The molecule has 88 valence electrons. The van der Waals surface area contributed by atoms with E-state index in [1.165, 1.54) is 0 Å². The third-order valence-electron chi connectivity index (χ3n) is 2.66. The number of hydrogen-bond donors (Lipinski definition) is 1. The number of hydrogen-bond acceptors (Lipinski definition) is 4. The van der Waals surface area contributed by atoms with Crippen molar-refractivity contribution in [2.75, 3.05) is 6.54 Å². The summed E-state index contributed by atoms with van der Waals surface area (Å²) in [5, 5.41) is 11.9. The normalized spacial score (nSPS) is 10.6. The predicted molar refractivity (Wildman–Crippen MR) is 65.8 cm³/mol. The molecule has 1 aromatic heterocycles. The molecule has 0 amide bonds. The summed E-state index contributed by atoms with van der Waals surface area (Å²) < 4.78 is 0. The summed E-state index contributed by atoms with van der Waals surface area (Å²) >= 11 is 0. The van der Waals surface area contributed by atoms with Crippen molar-refractivity contribution < 1.29 is 4.92 Å². The van der Waals surface area contributed by atoms with E-state index in [-0.39, 0.29) is 10.6 Å². The first kappa shape index (κ1) is 11.5. The number of rotatable bonds is 4. The van der Waals surface area contributed by atoms with E-state index in [0.29, 0.717) is 24.0 Å². The molecule has 0 spiro atoms. The molecule has 0 saturated carbocycles. The maximum Gasteiger partial charge on any atom is 0.298 e. The minimum Gasteiger partial charge on any atom is -0.330 e. The van der Waals surface area contributed by atoms with Crippen molar-refractivity contribution in [3.05, 3.63) is 46.1 Å². The summed E-state index contributed by atoms with van der Waals surface area (Å²) in [5.41, 5.74) is 6.69. The fourth-order valence-corrected chi connectivity index (χ4v) is 1.87. The highest BCUT2D eigenvalue weighted by Gasteiger charge is 2.18. The van der Waals surface area contributed by atoms with Crippen molar-refractivity contribution in [2.45, 2.75) is 12.8 Å². The van der Waals surface area contributed by atoms with Crippen LogP contribution in [-0.2, 0) is 6.42 Å². The second-order valence-electron chi connectivity index (χ2n) is 3.80. The van der Waals surface area contributed by atoms with E-state index in [0.717, 1.165) is 11.8 Å². The molecule has 5 nitrogen and oxygen atoms in total. The number of nitro benzene ring substituents is 1. The molecule has 0 fully saturated rings. The SMILES string of the molecule is NCCCc1ccc2cccnc2c1[N+](=O)[O-]. The van der Waals surface area contributed by atoms with Crippen LogP contribution < -0.4 is 5.73 Å². The Balaban J connectivity index is 2.60. The molecule has 1 heterocycles. The van der Waals surface area contributed by atoms with Crippen LogP contribution >= 0.6 is 0 Å². The Morgan fingerprint density at radius 3 is 2.88 bits per heavy atom. The molecule has 0 aliphatic rings. The number of nitro groups is 1. The van der Waals surface area contributed by atoms with Gasteiger partial charge < -0.3 is 5.73 Å². The van der Waals surface area contributed by atoms with Crippen molar-refractivity contribution in [3.63, 3.8) is 0 Å². The molecule has 1 aromatic carbocycles. The quantitative estimate of drug-likeness (QED) is 0.644. The van der Waals surface area contributed by atoms with Gasteiger partial charge in [-0.3, -0.25) is 10.1 Å². The molecule has 0 aliphatic carbocycles. The summed E-state index contributed by atoms with van der Waals surface area (Å²) in [7, 11) is 0. The number of aromatic nitrogens is 1. The Hall–Kier alpha value is -2.01. The van der Waals surface area contributed by atoms with Crippen molar-refractivity contribution in [1.82, 2.24) is 4.98 Å². The summed E-state index contributed by atoms with van der Waals surface area (Å²) in [4.78, 5) is 14.9. The second-order valence-corrected chi connectivity index (χ2v) is 3.80. The van der Waals surface area contributed by atoms with Crippen LogP contribution in [0.15, 0.2) is 30.5 Å². The van der Waals surface area contributed by atoms with Crippen LogP contribution in [0.5, 0.6) is 0 Å². The summed E-state index contributed by atoms with van der Waals surface area (Å²) in [6.45, 7) is 0.525. The molecular formula is C12H13N3O2. The molecule has 5 heteroatoms. The first-order valence-corrected chi connectivity index (χ1v) is 5.45. The lowest BCUT2D eigenvalue weighted by Gasteiger charge is -2.04. The smallest absolute Gasteiger partial charge is 0.298 e. The van der Waals surface area contributed by atoms with Gasteiger partial charge in [-0.1, -0.05) is 18.2 Å². The van der Waals surface area contributed by atoms with Gasteiger partial charge in [-0.2, -0.15) is 0 Å². The van der Waals surface area contributed by atoms with Crippen LogP contribution in [0.2, 0.25) is 0 Å². The van der Waals surface area contributed by atoms with Crippen LogP contribution in [0.3, 0.4) is 0 Å². The van der Waals surface area contributed by atoms with Crippen LogP contribution in [0.1, 0.15) is 12.0 Å². The number of benzene rings is 1. The summed E-state index contributed by atoms with van der Waals surface area (Å²) in [6.07, 6.45) is 2.92. The fourth-order valence-electron chi connectivity index (χ4n) is 1.87. The minimum atomic E-state index is -0.360. The Morgan fingerprint density at radius 2 is 2.18 bits per heavy atom. The number of aryl methyl sites for hydroxylation is 1. The molecule has 0 aliphatic heterocycles. The maximum absolute atomic E-state index is 11.1. The van der Waals surface area contributed by atoms with E-state index in [4.69, 9.17) is 5.73 Å². The first-order chi connectivity index (χ1) is 8.24. The van der Waals surface area contributed by atoms with Gasteiger partial charge in [0.05, 0.1) is 4.92 Å². The number of nitrogens with zero attached hydrogens (tertiary/aromatic N) is 2. The van der Waals surface area contributed by atoms with Crippen LogP contribution in [0.4, 0.5) is 5.69 Å². The lowest BCUT2D eigenvalue weighted by atomic mass is 10.0. The largest absolute Gasteiger partial charge is 0.330 e. The molecule has 2 aromatic rings. The van der Waals surface area contributed by atoms with Gasteiger partial charge in [-0.05, 0) is 25.5 Å². The van der Waals surface area contributed by atoms with E-state index in [9.17, 15) is 10.1 Å². The van der Waals surface area contributed by atoms with Gasteiger partial charge in [0.25, 0.3) is 5.69 Å². The number of fused-ring (bicyclic) bond motifs is 1. The zero-order valence-corrected chi connectivity index (χ0v) is 9.30. The van der Waals surface area contributed by atoms with Crippen molar-refractivity contribution in [2.24, 2.45) is 5.73 Å². The lowest BCUT2D eigenvalue weighted by Crippen LogP contribution is -2.03. The molecule has 0 radical (unpaired) electrons. The third kappa shape index (κ3) is 2.24. The van der Waals surface area contributed by atoms with Gasteiger partial charge in [0.15, 0.2) is 0 Å². The van der Waals surface area contributed by atoms with Gasteiger partial charge in [0, 0.05) is 17.1 Å². The van der Waals surface area contributed by atoms with E-state index in [2.05, 4.69) is 4.98 Å². The van der Waals surface area contributed by atoms with Gasteiger partial charge in [0.2, 0.25) is 0 Å². The molecule has 0 saturated heterocycles. The number of pyridine rings is 1. The first-order valence-electron chi connectivity index (χ1n) is 5.45. The fraction of sp³-hybridized carbons (Fsp3) is 0.250. The third-order valence-corrected chi connectivity index (χ3v) is 2.66. The van der Waals surface area contributed by atoms with Crippen LogP contribution in [-0.4, -0.2) is 16.5 Å². The molecule has 0 unspecified atom stereocenters. The summed E-state index contributed by atoms with van der Waals surface area (Å²) in [6, 6.07) is 7.24. The highest BCUT2D eigenvalue weighted by atomic mass is 16.6. The highest BCUT2D eigenvalue weighted by molar-refractivity contribution is 5.88. The zero-order chi connectivity index (χ0) is 12.3. The van der Waals surface area contributed by atoms with E-state index < -0.39 is 0 Å². The van der Waals surface area contributed by atoms with Crippen LogP contribution in [0.25, 0.3) is 10.9 Å². The van der Waals surface area contributed by atoms with E-state index >= 15 is 0 Å². The molecule has 0 bridgehead atoms. The Kier molecular flexibility index (Phi) is 3.30. The van der Waals surface area contributed by atoms with Gasteiger partial charge >= 0.3 is 0 Å². The second kappa shape index (κ2) is 4.88. The van der Waals surface area contributed by atoms with Crippen molar-refractivity contribution >= 4 is 16.6 Å². The standard InChI is InChI=1S/C12H13N3O2/c13-7-1-3-10-6-5-9-4-2-8-14-11(9)12(10)15(16)17/h2,4-6,8H,1,3,7,13H2. The molecule has 17 heavy (non-hydrogen) atoms. The zero-order valence-electron chi connectivity index (χ0n) is 9.30. The Bertz CT molecular complexity index is 554. The molecule has 2 N–H and O–H groups in total. The Labute approximate surface area is 98.4 Å². The van der Waals surface area contributed by atoms with Gasteiger partial charge in [0.1, 0.15) is 5.52 Å². The van der Waals surface area contributed by atoms with E-state index in [1.54, 1.807) is 18.3 Å². The molecule has 0 atom stereocenters. The van der Waals surface area contributed by atoms with Crippen molar-refractivity contribution in [3.8, 4) is 0 Å².